The number of benzene rings is 2. The summed E-state index contributed by atoms with van der Waals surface area (Å²) in [7, 11) is 0. The topological polar surface area (TPSA) is 75.6 Å². The average molecular weight is 379 g/mol. The van der Waals surface area contributed by atoms with Gasteiger partial charge in [-0.15, -0.1) is 0 Å². The molecule has 0 atom stereocenters. The van der Waals surface area contributed by atoms with Crippen molar-refractivity contribution in [2.45, 2.75) is 6.54 Å². The molecule has 0 aliphatic carbocycles. The fourth-order valence-corrected chi connectivity index (χ4v) is 3.26. The highest BCUT2D eigenvalue weighted by molar-refractivity contribution is 5.78. The third kappa shape index (κ3) is 4.11. The van der Waals surface area contributed by atoms with Crippen molar-refractivity contribution < 1.29 is 4.39 Å². The van der Waals surface area contributed by atoms with Crippen LogP contribution in [0.25, 0.3) is 5.69 Å². The number of piperazine rings is 1. The van der Waals surface area contributed by atoms with Gasteiger partial charge in [0.05, 0.1) is 12.2 Å². The van der Waals surface area contributed by atoms with E-state index in [0.717, 1.165) is 43.1 Å². The van der Waals surface area contributed by atoms with Gasteiger partial charge in [0.1, 0.15) is 18.5 Å². The highest BCUT2D eigenvalue weighted by Crippen LogP contribution is 2.17. The lowest BCUT2D eigenvalue weighted by atomic mass is 10.2. The molecule has 4 rings (SSSR count). The number of hydrogen-bond donors (Lipinski definition) is 1. The molecule has 3 aromatic rings. The Kier molecular flexibility index (Phi) is 5.18. The van der Waals surface area contributed by atoms with Gasteiger partial charge < -0.3 is 15.5 Å². The first-order valence-corrected chi connectivity index (χ1v) is 9.18. The van der Waals surface area contributed by atoms with Crippen LogP contribution in [0.15, 0.2) is 66.2 Å². The molecule has 1 aliphatic rings. The van der Waals surface area contributed by atoms with E-state index < -0.39 is 0 Å². The van der Waals surface area contributed by atoms with Crippen LogP contribution in [0.3, 0.4) is 0 Å². The van der Waals surface area contributed by atoms with Crippen LogP contribution in [0.4, 0.5) is 10.1 Å². The molecule has 1 aliphatic heterocycles. The molecule has 0 radical (unpaired) electrons. The summed E-state index contributed by atoms with van der Waals surface area (Å²) in [5.74, 6) is 0.330. The minimum Gasteiger partial charge on any atom is -0.370 e. The van der Waals surface area contributed by atoms with Crippen molar-refractivity contribution in [3.8, 4) is 5.69 Å². The predicted molar refractivity (Wildman–Crippen MR) is 107 cm³/mol. The molecule has 2 aromatic carbocycles. The summed E-state index contributed by atoms with van der Waals surface area (Å²) >= 11 is 0. The Morgan fingerprint density at radius 1 is 1.04 bits per heavy atom. The Hall–Kier alpha value is -3.42. The molecule has 1 aromatic heterocycles. The van der Waals surface area contributed by atoms with Crippen molar-refractivity contribution in [2.75, 3.05) is 31.1 Å². The maximum Gasteiger partial charge on any atom is 0.191 e. The van der Waals surface area contributed by atoms with E-state index in [1.807, 2.05) is 36.4 Å². The second kappa shape index (κ2) is 8.08. The number of nitrogens with two attached hydrogens (primary N) is 1. The molecule has 1 saturated heterocycles. The first-order valence-electron chi connectivity index (χ1n) is 9.18. The van der Waals surface area contributed by atoms with E-state index in [1.165, 1.54) is 18.5 Å². The normalized spacial score (nSPS) is 15.1. The summed E-state index contributed by atoms with van der Waals surface area (Å²) in [6.07, 6.45) is 3.17. The highest BCUT2D eigenvalue weighted by Gasteiger charge is 2.18. The van der Waals surface area contributed by atoms with Crippen LogP contribution >= 0.6 is 0 Å². The van der Waals surface area contributed by atoms with Gasteiger partial charge in [-0.05, 0) is 42.0 Å². The summed E-state index contributed by atoms with van der Waals surface area (Å²) in [5.41, 5.74) is 9.24. The number of aromatic nitrogens is 3. The molecular formula is C20H22FN7. The Morgan fingerprint density at radius 3 is 2.54 bits per heavy atom. The largest absolute Gasteiger partial charge is 0.370 e. The molecule has 0 amide bonds. The molecule has 0 spiro atoms. The van der Waals surface area contributed by atoms with E-state index in [0.29, 0.717) is 12.5 Å². The van der Waals surface area contributed by atoms with E-state index in [1.54, 1.807) is 11.0 Å². The van der Waals surface area contributed by atoms with E-state index in [2.05, 4.69) is 24.9 Å². The van der Waals surface area contributed by atoms with Crippen LogP contribution in [0.1, 0.15) is 5.56 Å². The van der Waals surface area contributed by atoms with Crippen LogP contribution in [0.5, 0.6) is 0 Å². The lowest BCUT2D eigenvalue weighted by Crippen LogP contribution is -2.51. The molecule has 0 unspecified atom stereocenters. The van der Waals surface area contributed by atoms with Crippen molar-refractivity contribution in [1.82, 2.24) is 19.7 Å². The minimum atomic E-state index is -0.216. The number of nitrogens with zero attached hydrogens (tertiary/aromatic N) is 6. The number of halogens is 1. The number of anilines is 1. The van der Waals surface area contributed by atoms with E-state index in [9.17, 15) is 4.39 Å². The van der Waals surface area contributed by atoms with Gasteiger partial charge in [0, 0.05) is 31.9 Å². The highest BCUT2D eigenvalue weighted by atomic mass is 19.1. The van der Waals surface area contributed by atoms with Crippen LogP contribution in [0.2, 0.25) is 0 Å². The van der Waals surface area contributed by atoms with Crippen molar-refractivity contribution in [3.63, 3.8) is 0 Å². The van der Waals surface area contributed by atoms with Gasteiger partial charge in [-0.1, -0.05) is 12.1 Å². The zero-order valence-electron chi connectivity index (χ0n) is 15.4. The molecular weight excluding hydrogens is 357 g/mol. The molecule has 28 heavy (non-hydrogen) atoms. The zero-order valence-corrected chi connectivity index (χ0v) is 15.4. The number of rotatable bonds is 4. The quantitative estimate of drug-likeness (QED) is 0.555. The second-order valence-corrected chi connectivity index (χ2v) is 6.63. The number of guanidine groups is 1. The van der Waals surface area contributed by atoms with Crippen LogP contribution in [0, 0.1) is 5.82 Å². The summed E-state index contributed by atoms with van der Waals surface area (Å²) in [5, 5.41) is 4.14. The first kappa shape index (κ1) is 18.0. The van der Waals surface area contributed by atoms with Gasteiger partial charge in [0.15, 0.2) is 5.96 Å². The van der Waals surface area contributed by atoms with Crippen LogP contribution in [-0.4, -0.2) is 51.8 Å². The molecule has 1 fully saturated rings. The van der Waals surface area contributed by atoms with Gasteiger partial charge in [-0.3, -0.25) is 0 Å². The Bertz CT molecular complexity index is 929. The third-order valence-electron chi connectivity index (χ3n) is 4.81. The Balaban J connectivity index is 1.35. The molecule has 0 saturated carbocycles. The Labute approximate surface area is 162 Å². The standard InChI is InChI=1S/C20H22FN7/c21-17-4-6-18(7-5-17)26-8-10-27(11-9-26)20(22)24-13-16-2-1-3-19(12-16)28-15-23-14-25-28/h1-7,12,14-15H,8-11,13H2,(H2,22,24). The van der Waals surface area contributed by atoms with Crippen molar-refractivity contribution in [3.05, 3.63) is 72.6 Å². The lowest BCUT2D eigenvalue weighted by Gasteiger charge is -2.36. The van der Waals surface area contributed by atoms with E-state index in [-0.39, 0.29) is 5.82 Å². The second-order valence-electron chi connectivity index (χ2n) is 6.63. The van der Waals surface area contributed by atoms with Crippen LogP contribution in [-0.2, 0) is 6.54 Å². The van der Waals surface area contributed by atoms with Gasteiger partial charge in [0.2, 0.25) is 0 Å². The van der Waals surface area contributed by atoms with Gasteiger partial charge in [-0.2, -0.15) is 5.10 Å². The van der Waals surface area contributed by atoms with Crippen LogP contribution < -0.4 is 10.6 Å². The summed E-state index contributed by atoms with van der Waals surface area (Å²) in [6.45, 7) is 3.72. The van der Waals surface area contributed by atoms with Crippen molar-refractivity contribution >= 4 is 11.6 Å². The smallest absolute Gasteiger partial charge is 0.191 e. The number of aliphatic imine (C=N–C) groups is 1. The van der Waals surface area contributed by atoms with Gasteiger partial charge >= 0.3 is 0 Å². The molecule has 2 heterocycles. The first-order chi connectivity index (χ1) is 13.7. The predicted octanol–water partition coefficient (Wildman–Crippen LogP) is 2.04. The fraction of sp³-hybridized carbons (Fsp3) is 0.250. The molecule has 8 heteroatoms. The molecule has 0 bridgehead atoms. The monoisotopic (exact) mass is 379 g/mol. The van der Waals surface area contributed by atoms with Crippen molar-refractivity contribution in [2.24, 2.45) is 10.7 Å². The third-order valence-corrected chi connectivity index (χ3v) is 4.81. The molecule has 2 N–H and O–H groups in total. The van der Waals surface area contributed by atoms with E-state index in [4.69, 9.17) is 5.73 Å². The SMILES string of the molecule is NC(=NCc1cccc(-n2cncn2)c1)N1CCN(c2ccc(F)cc2)CC1. The van der Waals surface area contributed by atoms with Gasteiger partial charge in [-0.25, -0.2) is 19.0 Å². The lowest BCUT2D eigenvalue weighted by molar-refractivity contribution is 0.380. The summed E-state index contributed by atoms with van der Waals surface area (Å²) in [4.78, 5) is 12.8. The van der Waals surface area contributed by atoms with E-state index >= 15 is 0 Å². The fourth-order valence-electron chi connectivity index (χ4n) is 3.26. The average Bonchev–Trinajstić information content (AvgIpc) is 3.28. The number of hydrogen-bond acceptors (Lipinski definition) is 4. The molecule has 144 valence electrons. The minimum absolute atomic E-state index is 0.216. The molecule has 7 nitrogen and oxygen atoms in total. The van der Waals surface area contributed by atoms with Gasteiger partial charge in [0.25, 0.3) is 0 Å². The zero-order chi connectivity index (χ0) is 19.3. The summed E-state index contributed by atoms with van der Waals surface area (Å²) < 4.78 is 14.8. The van der Waals surface area contributed by atoms with Crippen molar-refractivity contribution in [1.29, 1.82) is 0 Å². The summed E-state index contributed by atoms with van der Waals surface area (Å²) in [6, 6.07) is 14.6. The Morgan fingerprint density at radius 2 is 1.82 bits per heavy atom. The maximum absolute atomic E-state index is 13.1. The maximum atomic E-state index is 13.1.